The summed E-state index contributed by atoms with van der Waals surface area (Å²) in [4.78, 5) is 32.2. The first-order valence-electron chi connectivity index (χ1n) is 11.3. The average molecular weight is 501 g/mol. The standard InChI is InChI=1S/C28H21FN2O4S/c1-2-35-27(34)23-24(17-8-4-3-5-9-17)30-28-31(25(23)18-12-14-20(29)15-13-18)26(33)22(36-28)16-19-10-6-7-11-21(19)32/h3-16,25,32H,2H2,1H3/b22-16+/t25-/m1/s1. The van der Waals surface area contributed by atoms with Crippen LogP contribution in [0.2, 0.25) is 0 Å². The first-order valence-corrected chi connectivity index (χ1v) is 12.1. The van der Waals surface area contributed by atoms with Gasteiger partial charge in [0.05, 0.1) is 28.5 Å². The minimum absolute atomic E-state index is 0.0376. The van der Waals surface area contributed by atoms with Gasteiger partial charge in [0.25, 0.3) is 5.56 Å². The fraction of sp³-hybridized carbons (Fsp3) is 0.107. The predicted molar refractivity (Wildman–Crippen MR) is 136 cm³/mol. The van der Waals surface area contributed by atoms with Gasteiger partial charge < -0.3 is 9.84 Å². The lowest BCUT2D eigenvalue weighted by molar-refractivity contribution is -0.138. The molecule has 5 rings (SSSR count). The van der Waals surface area contributed by atoms with E-state index in [1.54, 1.807) is 43.3 Å². The van der Waals surface area contributed by atoms with Gasteiger partial charge in [0.1, 0.15) is 11.6 Å². The lowest BCUT2D eigenvalue weighted by Gasteiger charge is -2.25. The van der Waals surface area contributed by atoms with E-state index in [0.717, 1.165) is 11.3 Å². The first kappa shape index (κ1) is 23.4. The third kappa shape index (κ3) is 4.27. The molecule has 1 N–H and O–H groups in total. The summed E-state index contributed by atoms with van der Waals surface area (Å²) in [6.07, 6.45) is 1.59. The Kier molecular flexibility index (Phi) is 6.35. The van der Waals surface area contributed by atoms with E-state index < -0.39 is 17.8 Å². The maximum absolute atomic E-state index is 13.8. The van der Waals surface area contributed by atoms with Crippen molar-refractivity contribution in [1.29, 1.82) is 0 Å². The molecule has 1 aliphatic rings. The minimum Gasteiger partial charge on any atom is -0.507 e. The van der Waals surface area contributed by atoms with Crippen LogP contribution < -0.4 is 14.9 Å². The molecule has 1 aromatic heterocycles. The SMILES string of the molecule is CCOC(=O)C1=C(c2ccccc2)N=c2s/c(=C/c3ccccc3O)c(=O)n2[C@@H]1c1ccc(F)cc1. The van der Waals surface area contributed by atoms with Gasteiger partial charge in [-0.3, -0.25) is 9.36 Å². The van der Waals surface area contributed by atoms with Crippen LogP contribution in [0.25, 0.3) is 11.8 Å². The van der Waals surface area contributed by atoms with E-state index in [9.17, 15) is 19.1 Å². The number of carbonyl (C=O) groups excluding carboxylic acids is 1. The van der Waals surface area contributed by atoms with Gasteiger partial charge in [0.2, 0.25) is 0 Å². The maximum Gasteiger partial charge on any atom is 0.338 e. The Hall–Kier alpha value is -4.30. The normalized spacial score (nSPS) is 15.4. The fourth-order valence-corrected chi connectivity index (χ4v) is 5.14. The number of fused-ring (bicyclic) bond motifs is 1. The smallest absolute Gasteiger partial charge is 0.338 e. The molecule has 3 aromatic carbocycles. The third-order valence-corrected chi connectivity index (χ3v) is 6.77. The zero-order chi connectivity index (χ0) is 25.2. The van der Waals surface area contributed by atoms with Crippen LogP contribution in [0.1, 0.15) is 29.7 Å². The van der Waals surface area contributed by atoms with Crippen LogP contribution in [0.15, 0.2) is 94.2 Å². The zero-order valence-corrected chi connectivity index (χ0v) is 20.0. The number of para-hydroxylation sites is 1. The number of aromatic hydroxyl groups is 1. The van der Waals surface area contributed by atoms with Gasteiger partial charge in [0, 0.05) is 11.1 Å². The molecule has 0 unspecified atom stereocenters. The highest BCUT2D eigenvalue weighted by Gasteiger charge is 2.35. The number of benzene rings is 3. The number of ether oxygens (including phenoxy) is 1. The Morgan fingerprint density at radius 3 is 2.47 bits per heavy atom. The van der Waals surface area contributed by atoms with E-state index >= 15 is 0 Å². The van der Waals surface area contributed by atoms with Crippen LogP contribution in [0.4, 0.5) is 4.39 Å². The summed E-state index contributed by atoms with van der Waals surface area (Å²) in [5.41, 5.74) is 1.90. The second-order valence-electron chi connectivity index (χ2n) is 8.04. The van der Waals surface area contributed by atoms with Gasteiger partial charge in [0.15, 0.2) is 4.80 Å². The molecule has 1 atom stereocenters. The van der Waals surface area contributed by atoms with Crippen LogP contribution in [0.3, 0.4) is 0 Å². The van der Waals surface area contributed by atoms with Gasteiger partial charge in [-0.1, -0.05) is 72.0 Å². The largest absolute Gasteiger partial charge is 0.507 e. The van der Waals surface area contributed by atoms with Gasteiger partial charge >= 0.3 is 5.97 Å². The summed E-state index contributed by atoms with van der Waals surface area (Å²) < 4.78 is 21.0. The van der Waals surface area contributed by atoms with E-state index in [4.69, 9.17) is 9.73 Å². The lowest BCUT2D eigenvalue weighted by atomic mass is 9.93. The minimum atomic E-state index is -0.886. The van der Waals surface area contributed by atoms with Crippen molar-refractivity contribution in [1.82, 2.24) is 4.57 Å². The molecular weight excluding hydrogens is 479 g/mol. The molecule has 6 nitrogen and oxygen atoms in total. The summed E-state index contributed by atoms with van der Waals surface area (Å²) >= 11 is 1.15. The van der Waals surface area contributed by atoms with Crippen LogP contribution in [0, 0.1) is 5.82 Å². The van der Waals surface area contributed by atoms with Gasteiger partial charge in [-0.15, -0.1) is 0 Å². The number of nitrogens with zero attached hydrogens (tertiary/aromatic N) is 2. The van der Waals surface area contributed by atoms with Crippen molar-refractivity contribution in [3.63, 3.8) is 0 Å². The summed E-state index contributed by atoms with van der Waals surface area (Å²) in [5.74, 6) is -1.00. The summed E-state index contributed by atoms with van der Waals surface area (Å²) in [7, 11) is 0. The van der Waals surface area contributed by atoms with Crippen LogP contribution in [-0.2, 0) is 9.53 Å². The molecule has 0 aliphatic carbocycles. The van der Waals surface area contributed by atoms with Crippen molar-refractivity contribution in [3.05, 3.63) is 127 Å². The summed E-state index contributed by atoms with van der Waals surface area (Å²) in [6, 6.07) is 20.7. The Bertz CT molecular complexity index is 1650. The molecule has 1 aliphatic heterocycles. The van der Waals surface area contributed by atoms with Crippen LogP contribution in [-0.4, -0.2) is 22.2 Å². The number of phenolic OH excluding ortho intramolecular Hbond substituents is 1. The van der Waals surface area contributed by atoms with E-state index in [2.05, 4.69) is 0 Å². The molecule has 2 heterocycles. The van der Waals surface area contributed by atoms with Crippen molar-refractivity contribution in [2.24, 2.45) is 4.99 Å². The molecule has 36 heavy (non-hydrogen) atoms. The maximum atomic E-state index is 13.8. The van der Waals surface area contributed by atoms with Gasteiger partial charge in [-0.25, -0.2) is 14.2 Å². The summed E-state index contributed by atoms with van der Waals surface area (Å²) in [6.45, 7) is 1.84. The molecule has 4 aromatic rings. The fourth-order valence-electron chi connectivity index (χ4n) is 4.15. The molecule has 0 radical (unpaired) electrons. The highest BCUT2D eigenvalue weighted by molar-refractivity contribution is 7.07. The zero-order valence-electron chi connectivity index (χ0n) is 19.2. The second-order valence-corrected chi connectivity index (χ2v) is 9.05. The Morgan fingerprint density at radius 1 is 1.08 bits per heavy atom. The lowest BCUT2D eigenvalue weighted by Crippen LogP contribution is -2.40. The number of hydrogen-bond donors (Lipinski definition) is 1. The molecule has 0 spiro atoms. The van der Waals surface area contributed by atoms with Crippen molar-refractivity contribution < 1.29 is 19.0 Å². The van der Waals surface area contributed by atoms with E-state index in [1.165, 1.54) is 22.8 Å². The molecule has 0 fully saturated rings. The number of aromatic nitrogens is 1. The molecule has 0 amide bonds. The quantitative estimate of drug-likeness (QED) is 0.423. The molecule has 0 bridgehead atoms. The average Bonchev–Trinajstić information content (AvgIpc) is 3.20. The van der Waals surface area contributed by atoms with Crippen molar-refractivity contribution in [2.45, 2.75) is 13.0 Å². The number of hydrogen-bond acceptors (Lipinski definition) is 6. The number of thiazole rings is 1. The molecule has 180 valence electrons. The Labute approximate surface area is 209 Å². The predicted octanol–water partition coefficient (Wildman–Crippen LogP) is 3.78. The van der Waals surface area contributed by atoms with Crippen LogP contribution in [0.5, 0.6) is 5.75 Å². The number of phenols is 1. The Balaban J connectivity index is 1.84. The number of esters is 1. The van der Waals surface area contributed by atoms with Crippen LogP contribution >= 0.6 is 11.3 Å². The monoisotopic (exact) mass is 500 g/mol. The highest BCUT2D eigenvalue weighted by Crippen LogP contribution is 2.35. The van der Waals surface area contributed by atoms with Crippen molar-refractivity contribution in [3.8, 4) is 5.75 Å². The molecule has 0 saturated heterocycles. The van der Waals surface area contributed by atoms with E-state index in [1.807, 2.05) is 30.3 Å². The molecule has 8 heteroatoms. The number of halogens is 1. The Morgan fingerprint density at radius 2 is 1.78 bits per heavy atom. The second kappa shape index (κ2) is 9.75. The molecule has 0 saturated carbocycles. The topological polar surface area (TPSA) is 80.9 Å². The number of carbonyl (C=O) groups is 1. The van der Waals surface area contributed by atoms with E-state index in [-0.39, 0.29) is 23.5 Å². The third-order valence-electron chi connectivity index (χ3n) is 5.78. The van der Waals surface area contributed by atoms with Crippen molar-refractivity contribution in [2.75, 3.05) is 6.61 Å². The molecular formula is C28H21FN2O4S. The van der Waals surface area contributed by atoms with Gasteiger partial charge in [-0.2, -0.15) is 0 Å². The van der Waals surface area contributed by atoms with E-state index in [0.29, 0.717) is 31.7 Å². The highest BCUT2D eigenvalue weighted by atomic mass is 32.1. The first-order chi connectivity index (χ1) is 17.5. The van der Waals surface area contributed by atoms with Gasteiger partial charge in [-0.05, 0) is 36.8 Å². The summed E-state index contributed by atoms with van der Waals surface area (Å²) in [5, 5.41) is 10.2. The number of rotatable bonds is 5. The van der Waals surface area contributed by atoms with Crippen molar-refractivity contribution >= 4 is 29.1 Å².